The molecule has 0 spiro atoms. The van der Waals surface area contributed by atoms with Gasteiger partial charge in [0.1, 0.15) is 11.4 Å². The molecule has 0 amide bonds. The van der Waals surface area contributed by atoms with E-state index in [0.29, 0.717) is 22.4 Å². The number of tetrazole rings is 1. The minimum Gasteiger partial charge on any atom is -0.453 e. The third-order valence-corrected chi connectivity index (χ3v) is 4.32. The van der Waals surface area contributed by atoms with Gasteiger partial charge in [-0.25, -0.2) is 4.39 Å². The molecular formula is C17H10ClF4N5O. The van der Waals surface area contributed by atoms with Gasteiger partial charge in [-0.3, -0.25) is 0 Å². The van der Waals surface area contributed by atoms with Gasteiger partial charge in [-0.15, -0.1) is 10.2 Å². The molecular weight excluding hydrogens is 402 g/mol. The minimum atomic E-state index is -4.54. The number of halogens is 5. The van der Waals surface area contributed by atoms with Crippen LogP contribution in [-0.2, 0) is 12.7 Å². The summed E-state index contributed by atoms with van der Waals surface area (Å²) < 4.78 is 58.2. The fourth-order valence-corrected chi connectivity index (χ4v) is 2.95. The lowest BCUT2D eigenvalue weighted by atomic mass is 10.1. The van der Waals surface area contributed by atoms with Gasteiger partial charge in [0.05, 0.1) is 10.6 Å². The summed E-state index contributed by atoms with van der Waals surface area (Å²) in [6.45, 7) is 0.0156. The van der Waals surface area contributed by atoms with Crippen molar-refractivity contribution in [3.05, 3.63) is 58.4 Å². The van der Waals surface area contributed by atoms with Crippen molar-refractivity contribution < 1.29 is 22.0 Å². The summed E-state index contributed by atoms with van der Waals surface area (Å²) >= 11 is 5.69. The SMILES string of the molecule is Fc1cc2cc(-c3nn[nH]n3)oc2cc1CNc1ccc(C(F)(F)F)c(Cl)c1. The summed E-state index contributed by atoms with van der Waals surface area (Å²) in [5, 5.41) is 16.2. The Kier molecular flexibility index (Phi) is 4.42. The van der Waals surface area contributed by atoms with E-state index in [2.05, 4.69) is 25.9 Å². The first-order valence-corrected chi connectivity index (χ1v) is 8.25. The van der Waals surface area contributed by atoms with Crippen LogP contribution < -0.4 is 5.32 Å². The van der Waals surface area contributed by atoms with Crippen molar-refractivity contribution in [3.8, 4) is 11.6 Å². The maximum absolute atomic E-state index is 14.4. The molecule has 6 nitrogen and oxygen atoms in total. The monoisotopic (exact) mass is 411 g/mol. The van der Waals surface area contributed by atoms with Crippen molar-refractivity contribution in [1.29, 1.82) is 0 Å². The number of hydrogen-bond donors (Lipinski definition) is 2. The molecule has 0 unspecified atom stereocenters. The van der Waals surface area contributed by atoms with E-state index in [1.54, 1.807) is 6.07 Å². The average Bonchev–Trinajstić information content (AvgIpc) is 3.27. The molecule has 0 saturated carbocycles. The number of hydrogen-bond acceptors (Lipinski definition) is 5. The lowest BCUT2D eigenvalue weighted by Crippen LogP contribution is -2.07. The molecule has 2 aromatic heterocycles. The van der Waals surface area contributed by atoms with Crippen molar-refractivity contribution in [2.45, 2.75) is 12.7 Å². The minimum absolute atomic E-state index is 0.0156. The fourth-order valence-electron chi connectivity index (χ4n) is 2.67. The summed E-state index contributed by atoms with van der Waals surface area (Å²) in [5.41, 5.74) is 0.0577. The number of anilines is 1. The topological polar surface area (TPSA) is 79.6 Å². The number of nitrogens with zero attached hydrogens (tertiary/aromatic N) is 3. The van der Waals surface area contributed by atoms with Gasteiger partial charge in [-0.1, -0.05) is 11.6 Å². The number of benzene rings is 2. The zero-order valence-electron chi connectivity index (χ0n) is 13.8. The van der Waals surface area contributed by atoms with Crippen LogP contribution in [0.15, 0.2) is 40.8 Å². The Labute approximate surface area is 159 Å². The standard InChI is InChI=1S/C17H10ClF4N5O/c18-12-6-10(1-2-11(12)17(20,21)22)23-7-9-5-14-8(3-13(9)19)4-15(28-14)16-24-26-27-25-16/h1-6,23H,7H2,(H,24,25,26,27). The van der Waals surface area contributed by atoms with Gasteiger partial charge in [-0.05, 0) is 41.6 Å². The van der Waals surface area contributed by atoms with Crippen LogP contribution >= 0.6 is 11.6 Å². The highest BCUT2D eigenvalue weighted by atomic mass is 35.5. The van der Waals surface area contributed by atoms with Crippen LogP contribution in [0.4, 0.5) is 23.2 Å². The molecule has 0 fully saturated rings. The first-order chi connectivity index (χ1) is 13.3. The Morgan fingerprint density at radius 2 is 1.96 bits per heavy atom. The highest BCUT2D eigenvalue weighted by Crippen LogP contribution is 2.36. The first-order valence-electron chi connectivity index (χ1n) is 7.87. The van der Waals surface area contributed by atoms with Crippen LogP contribution in [0.2, 0.25) is 5.02 Å². The lowest BCUT2D eigenvalue weighted by Gasteiger charge is -2.12. The summed E-state index contributed by atoms with van der Waals surface area (Å²) in [5.74, 6) is 0.0527. The first kappa shape index (κ1) is 18.2. The molecule has 4 rings (SSSR count). The van der Waals surface area contributed by atoms with Crippen LogP contribution in [0.1, 0.15) is 11.1 Å². The number of rotatable bonds is 4. The summed E-state index contributed by atoms with van der Waals surface area (Å²) in [6.07, 6.45) is -4.54. The van der Waals surface area contributed by atoms with Crippen molar-refractivity contribution in [2.75, 3.05) is 5.32 Å². The predicted octanol–water partition coefficient (Wildman–Crippen LogP) is 5.04. The van der Waals surface area contributed by atoms with Crippen LogP contribution in [0.3, 0.4) is 0 Å². The molecule has 28 heavy (non-hydrogen) atoms. The highest BCUT2D eigenvalue weighted by Gasteiger charge is 2.33. The van der Waals surface area contributed by atoms with Crippen molar-refractivity contribution >= 4 is 28.3 Å². The predicted molar refractivity (Wildman–Crippen MR) is 93.1 cm³/mol. The maximum Gasteiger partial charge on any atom is 0.417 e. The van der Waals surface area contributed by atoms with Crippen LogP contribution in [0.5, 0.6) is 0 Å². The molecule has 0 atom stereocenters. The Bertz CT molecular complexity index is 1140. The molecule has 11 heteroatoms. The van der Waals surface area contributed by atoms with E-state index in [4.69, 9.17) is 16.0 Å². The summed E-state index contributed by atoms with van der Waals surface area (Å²) in [6, 6.07) is 7.60. The normalized spacial score (nSPS) is 11.9. The molecule has 0 aliphatic carbocycles. The quantitative estimate of drug-likeness (QED) is 0.460. The zero-order valence-corrected chi connectivity index (χ0v) is 14.6. The van der Waals surface area contributed by atoms with Crippen molar-refractivity contribution in [3.63, 3.8) is 0 Å². The number of fused-ring (bicyclic) bond motifs is 1. The third kappa shape index (κ3) is 3.50. The van der Waals surface area contributed by atoms with Crippen molar-refractivity contribution in [2.24, 2.45) is 0 Å². The number of aromatic nitrogens is 4. The van der Waals surface area contributed by atoms with E-state index >= 15 is 0 Å². The van der Waals surface area contributed by atoms with E-state index in [1.165, 1.54) is 18.2 Å². The number of alkyl halides is 3. The van der Waals surface area contributed by atoms with Gasteiger partial charge in [0.2, 0.25) is 5.82 Å². The number of furan rings is 1. The molecule has 0 aliphatic rings. The molecule has 0 radical (unpaired) electrons. The number of nitrogens with one attached hydrogen (secondary N) is 2. The Hall–Kier alpha value is -3.14. The van der Waals surface area contributed by atoms with E-state index in [-0.39, 0.29) is 17.9 Å². The zero-order chi connectivity index (χ0) is 19.9. The third-order valence-electron chi connectivity index (χ3n) is 4.01. The van der Waals surface area contributed by atoms with E-state index in [1.807, 2.05) is 0 Å². The molecule has 2 heterocycles. The second kappa shape index (κ2) is 6.79. The van der Waals surface area contributed by atoms with Gasteiger partial charge in [0.25, 0.3) is 0 Å². The largest absolute Gasteiger partial charge is 0.453 e. The van der Waals surface area contributed by atoms with Crippen molar-refractivity contribution in [1.82, 2.24) is 20.6 Å². The van der Waals surface area contributed by atoms with Gasteiger partial charge in [0.15, 0.2) is 5.76 Å². The van der Waals surface area contributed by atoms with Gasteiger partial charge >= 0.3 is 6.18 Å². The van der Waals surface area contributed by atoms with Gasteiger partial charge in [0, 0.05) is 23.2 Å². The number of H-pyrrole nitrogens is 1. The Morgan fingerprint density at radius 3 is 2.64 bits per heavy atom. The molecule has 2 aromatic carbocycles. The molecule has 2 N–H and O–H groups in total. The molecule has 144 valence electrons. The fraction of sp³-hybridized carbons (Fsp3) is 0.118. The van der Waals surface area contributed by atoms with Crippen LogP contribution in [0, 0.1) is 5.82 Å². The summed E-state index contributed by atoms with van der Waals surface area (Å²) in [7, 11) is 0. The van der Waals surface area contributed by atoms with Crippen LogP contribution in [0.25, 0.3) is 22.6 Å². The smallest absolute Gasteiger partial charge is 0.417 e. The molecule has 0 aliphatic heterocycles. The van der Waals surface area contributed by atoms with Crippen LogP contribution in [-0.4, -0.2) is 20.6 Å². The number of aromatic amines is 1. The summed E-state index contributed by atoms with van der Waals surface area (Å²) in [4.78, 5) is 0. The molecule has 0 bridgehead atoms. The highest BCUT2D eigenvalue weighted by molar-refractivity contribution is 6.31. The van der Waals surface area contributed by atoms with Gasteiger partial charge in [-0.2, -0.15) is 18.4 Å². The molecule has 4 aromatic rings. The van der Waals surface area contributed by atoms with Gasteiger partial charge < -0.3 is 9.73 Å². The lowest BCUT2D eigenvalue weighted by molar-refractivity contribution is -0.137. The van der Waals surface area contributed by atoms with E-state index in [9.17, 15) is 17.6 Å². The maximum atomic E-state index is 14.4. The average molecular weight is 412 g/mol. The second-order valence-corrected chi connectivity index (χ2v) is 6.28. The molecule has 0 saturated heterocycles. The Morgan fingerprint density at radius 1 is 1.14 bits per heavy atom. The second-order valence-electron chi connectivity index (χ2n) is 5.87. The Balaban J connectivity index is 1.56. The van der Waals surface area contributed by atoms with E-state index < -0.39 is 22.6 Å². The van der Waals surface area contributed by atoms with E-state index in [0.717, 1.165) is 12.1 Å².